The number of aryl methyl sites for hydroxylation is 2. The third kappa shape index (κ3) is 4.60. The first-order valence-electron chi connectivity index (χ1n) is 7.11. The summed E-state index contributed by atoms with van der Waals surface area (Å²) in [5, 5.41) is 0. The molecule has 0 saturated heterocycles. The Kier molecular flexibility index (Phi) is 5.55. The number of carbonyl (C=O) groups is 1. The molecule has 0 heterocycles. The number of rotatable bonds is 6. The molecule has 2 aromatic rings. The van der Waals surface area contributed by atoms with Crippen LogP contribution in [0.5, 0.6) is 11.5 Å². The highest BCUT2D eigenvalue weighted by Crippen LogP contribution is 2.19. The van der Waals surface area contributed by atoms with Crippen LogP contribution in [0.1, 0.15) is 21.5 Å². The van der Waals surface area contributed by atoms with Gasteiger partial charge in [0.25, 0.3) is 0 Å². The highest BCUT2D eigenvalue weighted by molar-refractivity contribution is 5.91. The molecule has 4 nitrogen and oxygen atoms in total. The Balaban J connectivity index is 2.00. The van der Waals surface area contributed by atoms with Gasteiger partial charge in [-0.3, -0.25) is 0 Å². The molecule has 2 rings (SSSR count). The van der Waals surface area contributed by atoms with Gasteiger partial charge in [-0.2, -0.15) is 0 Å². The maximum Gasteiger partial charge on any atom is 0.343 e. The monoisotopic (exact) mass is 300 g/mol. The lowest BCUT2D eigenvalue weighted by atomic mass is 10.1. The minimum Gasteiger partial charge on any atom is -0.491 e. The lowest BCUT2D eigenvalue weighted by Crippen LogP contribution is -2.09. The number of ether oxygens (including phenoxy) is 3. The third-order valence-corrected chi connectivity index (χ3v) is 3.05. The minimum atomic E-state index is -0.381. The molecule has 2 aromatic carbocycles. The summed E-state index contributed by atoms with van der Waals surface area (Å²) < 4.78 is 15.8. The summed E-state index contributed by atoms with van der Waals surface area (Å²) in [6.45, 7) is 4.94. The fourth-order valence-electron chi connectivity index (χ4n) is 2.09. The highest BCUT2D eigenvalue weighted by atomic mass is 16.5. The van der Waals surface area contributed by atoms with Crippen molar-refractivity contribution in [3.8, 4) is 11.5 Å². The van der Waals surface area contributed by atoms with E-state index in [4.69, 9.17) is 14.2 Å². The van der Waals surface area contributed by atoms with Crippen LogP contribution in [0.15, 0.2) is 42.5 Å². The first-order chi connectivity index (χ1) is 10.6. The molecule has 0 aliphatic carbocycles. The number of methoxy groups -OCH3 is 1. The van der Waals surface area contributed by atoms with Crippen LogP contribution in [-0.4, -0.2) is 26.3 Å². The molecule has 0 bridgehead atoms. The molecule has 0 N–H and O–H groups in total. The number of carbonyl (C=O) groups excluding carboxylic acids is 1. The van der Waals surface area contributed by atoms with E-state index in [0.29, 0.717) is 30.3 Å². The predicted molar refractivity (Wildman–Crippen MR) is 84.7 cm³/mol. The van der Waals surface area contributed by atoms with E-state index in [9.17, 15) is 4.79 Å². The van der Waals surface area contributed by atoms with Gasteiger partial charge in [-0.05, 0) is 61.4 Å². The fourth-order valence-corrected chi connectivity index (χ4v) is 2.09. The van der Waals surface area contributed by atoms with Crippen molar-refractivity contribution in [2.75, 3.05) is 20.3 Å². The second-order valence-corrected chi connectivity index (χ2v) is 5.08. The van der Waals surface area contributed by atoms with Crippen LogP contribution >= 0.6 is 0 Å². The highest BCUT2D eigenvalue weighted by Gasteiger charge is 2.09. The Morgan fingerprint density at radius 1 is 0.909 bits per heavy atom. The van der Waals surface area contributed by atoms with Gasteiger partial charge in [0.2, 0.25) is 0 Å². The van der Waals surface area contributed by atoms with Gasteiger partial charge in [-0.25, -0.2) is 4.79 Å². The molecule has 0 fully saturated rings. The third-order valence-electron chi connectivity index (χ3n) is 3.05. The van der Waals surface area contributed by atoms with E-state index >= 15 is 0 Å². The van der Waals surface area contributed by atoms with Crippen LogP contribution < -0.4 is 9.47 Å². The largest absolute Gasteiger partial charge is 0.491 e. The summed E-state index contributed by atoms with van der Waals surface area (Å²) in [4.78, 5) is 12.1. The van der Waals surface area contributed by atoms with Crippen LogP contribution in [-0.2, 0) is 4.74 Å². The summed E-state index contributed by atoms with van der Waals surface area (Å²) in [6, 6.07) is 12.6. The van der Waals surface area contributed by atoms with Gasteiger partial charge in [-0.1, -0.05) is 6.07 Å². The van der Waals surface area contributed by atoms with Crippen LogP contribution in [0, 0.1) is 13.8 Å². The quantitative estimate of drug-likeness (QED) is 0.465. The molecule has 0 saturated carbocycles. The fraction of sp³-hybridized carbons (Fsp3) is 0.278. The van der Waals surface area contributed by atoms with Crippen molar-refractivity contribution < 1.29 is 19.0 Å². The Morgan fingerprint density at radius 3 is 2.14 bits per heavy atom. The van der Waals surface area contributed by atoms with Crippen molar-refractivity contribution in [2.45, 2.75) is 13.8 Å². The zero-order valence-electron chi connectivity index (χ0n) is 13.1. The number of hydrogen-bond donors (Lipinski definition) is 0. The van der Waals surface area contributed by atoms with Gasteiger partial charge in [0.05, 0.1) is 12.2 Å². The van der Waals surface area contributed by atoms with E-state index in [1.54, 1.807) is 31.4 Å². The van der Waals surface area contributed by atoms with Crippen molar-refractivity contribution in [1.82, 2.24) is 0 Å². The molecule has 22 heavy (non-hydrogen) atoms. The van der Waals surface area contributed by atoms with Crippen molar-refractivity contribution in [3.05, 3.63) is 59.2 Å². The zero-order chi connectivity index (χ0) is 15.9. The Labute approximate surface area is 130 Å². The summed E-state index contributed by atoms with van der Waals surface area (Å²) >= 11 is 0. The van der Waals surface area contributed by atoms with Crippen molar-refractivity contribution >= 4 is 5.97 Å². The van der Waals surface area contributed by atoms with Gasteiger partial charge in [0.15, 0.2) is 0 Å². The van der Waals surface area contributed by atoms with Crippen LogP contribution in [0.4, 0.5) is 0 Å². The van der Waals surface area contributed by atoms with Crippen molar-refractivity contribution in [3.63, 3.8) is 0 Å². The van der Waals surface area contributed by atoms with E-state index in [-0.39, 0.29) is 5.97 Å². The summed E-state index contributed by atoms with van der Waals surface area (Å²) in [7, 11) is 1.62. The normalized spacial score (nSPS) is 10.3. The number of benzene rings is 2. The van der Waals surface area contributed by atoms with Gasteiger partial charge in [0, 0.05) is 7.11 Å². The van der Waals surface area contributed by atoms with Gasteiger partial charge in [0.1, 0.15) is 18.1 Å². The van der Waals surface area contributed by atoms with E-state index < -0.39 is 0 Å². The minimum absolute atomic E-state index is 0.381. The number of esters is 1. The van der Waals surface area contributed by atoms with Crippen molar-refractivity contribution in [2.24, 2.45) is 0 Å². The van der Waals surface area contributed by atoms with Gasteiger partial charge in [-0.15, -0.1) is 0 Å². The smallest absolute Gasteiger partial charge is 0.343 e. The molecule has 0 aliphatic heterocycles. The lowest BCUT2D eigenvalue weighted by molar-refractivity contribution is 0.0734. The Bertz CT molecular complexity index is 612. The van der Waals surface area contributed by atoms with Crippen LogP contribution in [0.25, 0.3) is 0 Å². The average Bonchev–Trinajstić information content (AvgIpc) is 2.47. The summed E-state index contributed by atoms with van der Waals surface area (Å²) in [5.74, 6) is 0.872. The van der Waals surface area contributed by atoms with Gasteiger partial charge < -0.3 is 14.2 Å². The van der Waals surface area contributed by atoms with E-state index in [2.05, 4.69) is 0 Å². The zero-order valence-corrected chi connectivity index (χ0v) is 13.1. The van der Waals surface area contributed by atoms with E-state index in [1.165, 1.54) is 0 Å². The van der Waals surface area contributed by atoms with E-state index in [0.717, 1.165) is 11.1 Å². The molecule has 0 aliphatic rings. The van der Waals surface area contributed by atoms with Gasteiger partial charge >= 0.3 is 5.97 Å². The first kappa shape index (κ1) is 16.0. The molecule has 0 amide bonds. The van der Waals surface area contributed by atoms with Crippen LogP contribution in [0.2, 0.25) is 0 Å². The molecular weight excluding hydrogens is 280 g/mol. The van der Waals surface area contributed by atoms with E-state index in [1.807, 2.05) is 32.0 Å². The second kappa shape index (κ2) is 7.61. The standard InChI is InChI=1S/C18H20O4/c1-13-10-14(2)12-17(11-13)22-18(19)15-4-6-16(7-5-15)21-9-8-20-3/h4-7,10-12H,8-9H2,1-3H3. The van der Waals surface area contributed by atoms with Crippen molar-refractivity contribution in [1.29, 1.82) is 0 Å². The SMILES string of the molecule is COCCOc1ccc(C(=O)Oc2cc(C)cc(C)c2)cc1. The maximum absolute atomic E-state index is 12.1. The molecular formula is C18H20O4. The molecule has 0 unspecified atom stereocenters. The molecule has 4 heteroatoms. The molecule has 0 spiro atoms. The molecule has 0 aromatic heterocycles. The Hall–Kier alpha value is -2.33. The average molecular weight is 300 g/mol. The predicted octanol–water partition coefficient (Wildman–Crippen LogP) is 3.55. The molecule has 0 radical (unpaired) electrons. The first-order valence-corrected chi connectivity index (χ1v) is 7.11. The van der Waals surface area contributed by atoms with Crippen LogP contribution in [0.3, 0.4) is 0 Å². The summed E-state index contributed by atoms with van der Waals surface area (Å²) in [5.41, 5.74) is 2.60. The topological polar surface area (TPSA) is 44.8 Å². The molecule has 116 valence electrons. The Morgan fingerprint density at radius 2 is 1.55 bits per heavy atom. The summed E-state index contributed by atoms with van der Waals surface area (Å²) in [6.07, 6.45) is 0. The number of hydrogen-bond acceptors (Lipinski definition) is 4. The second-order valence-electron chi connectivity index (χ2n) is 5.08. The lowest BCUT2D eigenvalue weighted by Gasteiger charge is -2.08. The maximum atomic E-state index is 12.1. The molecule has 0 atom stereocenters.